The Morgan fingerprint density at radius 3 is 2.56 bits per heavy atom. The summed E-state index contributed by atoms with van der Waals surface area (Å²) in [6, 6.07) is 11.1. The predicted octanol–water partition coefficient (Wildman–Crippen LogP) is 3.58. The van der Waals surface area contributed by atoms with Crippen LogP contribution in [0, 0.1) is 0 Å². The van der Waals surface area contributed by atoms with Gasteiger partial charge in [-0.1, -0.05) is 29.9 Å². The minimum atomic E-state index is -0.136. The van der Waals surface area contributed by atoms with Crippen molar-refractivity contribution in [3.8, 4) is 11.3 Å². The molecule has 4 aromatic rings. The van der Waals surface area contributed by atoms with Crippen molar-refractivity contribution in [2.24, 2.45) is 0 Å². The summed E-state index contributed by atoms with van der Waals surface area (Å²) in [5.74, 6) is -0.250. The quantitative estimate of drug-likeness (QED) is 0.398. The molecule has 4 heterocycles. The lowest BCUT2D eigenvalue weighted by Crippen LogP contribution is -2.33. The Bertz CT molecular complexity index is 1320. The smallest absolute Gasteiger partial charge is 0.269 e. The summed E-state index contributed by atoms with van der Waals surface area (Å²) in [7, 11) is 1.62. The number of likely N-dealkylation sites (tertiary alicyclic amines) is 1. The number of benzene rings is 1. The van der Waals surface area contributed by atoms with Crippen LogP contribution in [-0.2, 0) is 0 Å². The number of hydrogen-bond donors (Lipinski definition) is 2. The van der Waals surface area contributed by atoms with Crippen molar-refractivity contribution in [3.63, 3.8) is 0 Å². The number of hydrogen-bond acceptors (Lipinski definition) is 6. The second kappa shape index (κ2) is 9.90. The van der Waals surface area contributed by atoms with Gasteiger partial charge in [0.25, 0.3) is 11.8 Å². The Hall–Kier alpha value is -3.30. The lowest BCUT2D eigenvalue weighted by Gasteiger charge is -2.26. The summed E-state index contributed by atoms with van der Waals surface area (Å²) in [5, 5.41) is 5.63. The highest BCUT2D eigenvalue weighted by Crippen LogP contribution is 2.28. The summed E-state index contributed by atoms with van der Waals surface area (Å²) >= 11 is 1.46. The molecule has 2 N–H and O–H groups in total. The second-order valence-electron chi connectivity index (χ2n) is 8.57. The van der Waals surface area contributed by atoms with Crippen molar-refractivity contribution in [1.29, 1.82) is 0 Å². The van der Waals surface area contributed by atoms with Crippen molar-refractivity contribution in [2.45, 2.75) is 25.7 Å². The first-order chi connectivity index (χ1) is 16.6. The minimum absolute atomic E-state index is 0.115. The molecule has 1 aromatic carbocycles. The number of nitrogens with one attached hydrogen (secondary N) is 2. The Morgan fingerprint density at radius 2 is 1.79 bits per heavy atom. The molecule has 1 aliphatic rings. The molecule has 9 heteroatoms. The lowest BCUT2D eigenvalue weighted by atomic mass is 10.1. The number of nitrogens with zero attached hydrogens (tertiary/aromatic N) is 4. The first-order valence-corrected chi connectivity index (χ1v) is 12.6. The van der Waals surface area contributed by atoms with E-state index in [1.165, 1.54) is 43.7 Å². The molecule has 0 radical (unpaired) electrons. The molecule has 0 spiro atoms. The summed E-state index contributed by atoms with van der Waals surface area (Å²) in [5.41, 5.74) is 3.72. The van der Waals surface area contributed by atoms with Gasteiger partial charge < -0.3 is 15.5 Å². The van der Waals surface area contributed by atoms with E-state index >= 15 is 0 Å². The van der Waals surface area contributed by atoms with Gasteiger partial charge in [-0.15, -0.1) is 0 Å². The molecule has 0 saturated carbocycles. The molecule has 176 valence electrons. The van der Waals surface area contributed by atoms with Crippen molar-refractivity contribution < 1.29 is 9.59 Å². The number of rotatable bonds is 7. The van der Waals surface area contributed by atoms with Crippen LogP contribution in [0.3, 0.4) is 0 Å². The van der Waals surface area contributed by atoms with Crippen LogP contribution in [0.15, 0.2) is 42.6 Å². The molecule has 3 aromatic heterocycles. The third kappa shape index (κ3) is 4.67. The van der Waals surface area contributed by atoms with E-state index in [0.29, 0.717) is 17.8 Å². The van der Waals surface area contributed by atoms with Crippen LogP contribution < -0.4 is 10.6 Å². The van der Waals surface area contributed by atoms with Crippen LogP contribution >= 0.6 is 11.3 Å². The molecule has 0 bridgehead atoms. The minimum Gasteiger partial charge on any atom is -0.355 e. The number of pyridine rings is 1. The fraction of sp³-hybridized carbons (Fsp3) is 0.360. The molecule has 5 rings (SSSR count). The normalized spacial score (nSPS) is 14.5. The van der Waals surface area contributed by atoms with Crippen LogP contribution in [0.2, 0.25) is 0 Å². The molecule has 1 saturated heterocycles. The van der Waals surface area contributed by atoms with E-state index in [-0.39, 0.29) is 11.8 Å². The molecule has 2 amide bonds. The maximum absolute atomic E-state index is 12.6. The van der Waals surface area contributed by atoms with Gasteiger partial charge in [-0.3, -0.25) is 14.0 Å². The maximum Gasteiger partial charge on any atom is 0.269 e. The van der Waals surface area contributed by atoms with Gasteiger partial charge in [0.2, 0.25) is 0 Å². The average molecular weight is 477 g/mol. The predicted molar refractivity (Wildman–Crippen MR) is 134 cm³/mol. The Labute approximate surface area is 202 Å². The molecule has 34 heavy (non-hydrogen) atoms. The number of amides is 2. The van der Waals surface area contributed by atoms with Crippen LogP contribution in [-0.4, -0.2) is 64.3 Å². The zero-order valence-corrected chi connectivity index (χ0v) is 20.0. The van der Waals surface area contributed by atoms with Gasteiger partial charge in [0.1, 0.15) is 10.5 Å². The van der Waals surface area contributed by atoms with E-state index < -0.39 is 0 Å². The van der Waals surface area contributed by atoms with Crippen molar-refractivity contribution in [1.82, 2.24) is 29.9 Å². The first-order valence-electron chi connectivity index (χ1n) is 11.7. The number of piperidine rings is 1. The SMILES string of the molecule is CNC(=O)c1ccc(-c2cn3c(n2)sc2nc(C(=O)NCCCN4CCCCC4)ccc23)cc1. The molecule has 0 atom stereocenters. The van der Waals surface area contributed by atoms with Gasteiger partial charge in [-0.25, -0.2) is 9.97 Å². The molecule has 0 aliphatic carbocycles. The Morgan fingerprint density at radius 1 is 1.00 bits per heavy atom. The van der Waals surface area contributed by atoms with Crippen molar-refractivity contribution in [2.75, 3.05) is 33.2 Å². The molecule has 1 aliphatic heterocycles. The highest BCUT2D eigenvalue weighted by Gasteiger charge is 2.15. The van der Waals surface area contributed by atoms with Crippen molar-refractivity contribution >= 4 is 38.5 Å². The van der Waals surface area contributed by atoms with Gasteiger partial charge in [-0.2, -0.15) is 0 Å². The van der Waals surface area contributed by atoms with E-state index in [0.717, 1.165) is 39.5 Å². The van der Waals surface area contributed by atoms with Gasteiger partial charge in [-0.05, 0) is 63.2 Å². The van der Waals surface area contributed by atoms with Crippen LogP contribution in [0.4, 0.5) is 0 Å². The highest BCUT2D eigenvalue weighted by molar-refractivity contribution is 7.23. The Kier molecular flexibility index (Phi) is 6.55. The van der Waals surface area contributed by atoms with E-state index in [4.69, 9.17) is 4.98 Å². The average Bonchev–Trinajstić information content (AvgIpc) is 3.44. The Balaban J connectivity index is 1.25. The van der Waals surface area contributed by atoms with E-state index in [9.17, 15) is 9.59 Å². The van der Waals surface area contributed by atoms with Crippen LogP contribution in [0.5, 0.6) is 0 Å². The van der Waals surface area contributed by atoms with Gasteiger partial charge in [0, 0.05) is 30.9 Å². The van der Waals surface area contributed by atoms with Crippen LogP contribution in [0.1, 0.15) is 46.5 Å². The number of fused-ring (bicyclic) bond motifs is 3. The largest absolute Gasteiger partial charge is 0.355 e. The fourth-order valence-electron chi connectivity index (χ4n) is 4.37. The van der Waals surface area contributed by atoms with Gasteiger partial charge in [0.15, 0.2) is 4.96 Å². The third-order valence-electron chi connectivity index (χ3n) is 6.25. The topological polar surface area (TPSA) is 91.6 Å². The summed E-state index contributed by atoms with van der Waals surface area (Å²) in [6.07, 6.45) is 6.82. The molecular formula is C25H28N6O2S. The van der Waals surface area contributed by atoms with Crippen LogP contribution in [0.25, 0.3) is 26.6 Å². The molecule has 1 fully saturated rings. The maximum atomic E-state index is 12.6. The number of thiazole rings is 1. The monoisotopic (exact) mass is 476 g/mol. The van der Waals surface area contributed by atoms with E-state index in [1.54, 1.807) is 25.2 Å². The lowest BCUT2D eigenvalue weighted by molar-refractivity contribution is 0.0943. The van der Waals surface area contributed by atoms with Crippen molar-refractivity contribution in [3.05, 3.63) is 53.9 Å². The number of carbonyl (C=O) groups is 2. The van der Waals surface area contributed by atoms with E-state index in [2.05, 4.69) is 20.5 Å². The number of imidazole rings is 1. The second-order valence-corrected chi connectivity index (χ2v) is 9.53. The molecular weight excluding hydrogens is 448 g/mol. The zero-order valence-electron chi connectivity index (χ0n) is 19.2. The summed E-state index contributed by atoms with van der Waals surface area (Å²) in [6.45, 7) is 4.04. The van der Waals surface area contributed by atoms with E-state index in [1.807, 2.05) is 28.8 Å². The molecule has 0 unspecified atom stereocenters. The third-order valence-corrected chi connectivity index (χ3v) is 7.21. The zero-order chi connectivity index (χ0) is 23.5. The summed E-state index contributed by atoms with van der Waals surface area (Å²) in [4.78, 5) is 37.7. The van der Waals surface area contributed by atoms with Gasteiger partial charge >= 0.3 is 0 Å². The first kappa shape index (κ1) is 22.5. The molecule has 8 nitrogen and oxygen atoms in total. The number of aromatic nitrogens is 3. The highest BCUT2D eigenvalue weighted by atomic mass is 32.1. The standard InChI is InChI=1S/C25H28N6O2S/c1-26-22(32)18-8-6-17(7-9-18)20-16-31-21-11-10-19(28-24(21)34-25(31)29-20)23(33)27-12-5-15-30-13-3-2-4-14-30/h6-11,16H,2-5,12-15H2,1H3,(H,26,32)(H,27,33). The number of carbonyl (C=O) groups excluding carboxylic acids is 2. The summed E-state index contributed by atoms with van der Waals surface area (Å²) < 4.78 is 2.00. The van der Waals surface area contributed by atoms with Gasteiger partial charge in [0.05, 0.1) is 11.2 Å². The fourth-order valence-corrected chi connectivity index (χ4v) is 5.35.